The molecule has 1 aliphatic heterocycles. The van der Waals surface area contributed by atoms with Gasteiger partial charge in [-0.3, -0.25) is 4.79 Å². The van der Waals surface area contributed by atoms with Gasteiger partial charge in [0.2, 0.25) is 0 Å². The second kappa shape index (κ2) is 4.49. The Balaban J connectivity index is 0.000000980. The Bertz CT molecular complexity index is 214. The van der Waals surface area contributed by atoms with Crippen LogP contribution in [0.1, 0.15) is 26.2 Å². The summed E-state index contributed by atoms with van der Waals surface area (Å²) >= 11 is 0. The van der Waals surface area contributed by atoms with Crippen molar-refractivity contribution in [3.63, 3.8) is 0 Å². The lowest BCUT2D eigenvalue weighted by atomic mass is 9.92. The molecule has 1 aliphatic carbocycles. The Hall–Kier alpha value is -0.280. The van der Waals surface area contributed by atoms with Crippen LogP contribution in [0.4, 0.5) is 0 Å². The zero-order valence-electron chi connectivity index (χ0n) is 8.54. The maximum atomic E-state index is 11.4. The van der Waals surface area contributed by atoms with Gasteiger partial charge < -0.3 is 10.1 Å². The van der Waals surface area contributed by atoms with Gasteiger partial charge in [-0.05, 0) is 44.7 Å². The van der Waals surface area contributed by atoms with Crippen LogP contribution >= 0.6 is 12.4 Å². The molecule has 0 aromatic heterocycles. The van der Waals surface area contributed by atoms with Crippen LogP contribution in [0.25, 0.3) is 0 Å². The first-order valence-electron chi connectivity index (χ1n) is 5.16. The molecule has 0 aromatic rings. The minimum Gasteiger partial charge on any atom is -0.466 e. The summed E-state index contributed by atoms with van der Waals surface area (Å²) in [6.07, 6.45) is 3.36. The molecule has 0 unspecified atom stereocenters. The predicted octanol–water partition coefficient (Wildman–Crippen LogP) is 1.36. The maximum Gasteiger partial charge on any atom is 0.309 e. The van der Waals surface area contributed by atoms with Gasteiger partial charge in [0, 0.05) is 0 Å². The molecule has 1 saturated heterocycles. The largest absolute Gasteiger partial charge is 0.466 e. The minimum absolute atomic E-state index is 0. The van der Waals surface area contributed by atoms with Crippen molar-refractivity contribution in [3.8, 4) is 0 Å². The zero-order valence-corrected chi connectivity index (χ0v) is 9.36. The second-order valence-electron chi connectivity index (χ2n) is 4.12. The molecule has 0 amide bonds. The normalized spacial score (nSPS) is 27.9. The van der Waals surface area contributed by atoms with E-state index in [0.717, 1.165) is 32.4 Å². The van der Waals surface area contributed by atoms with Crippen molar-refractivity contribution in [2.45, 2.75) is 26.2 Å². The van der Waals surface area contributed by atoms with Crippen LogP contribution in [-0.2, 0) is 9.53 Å². The standard InChI is InChI=1S/C10H17NO2.ClH/c1-2-13-9(12)8-7-10(8)3-5-11-6-4-10;/h8,11H,2-7H2,1H3;1H/t8-;/m0./s1. The number of piperidine rings is 1. The Morgan fingerprint density at radius 3 is 2.71 bits per heavy atom. The SMILES string of the molecule is CCOC(=O)[C@@H]1CC12CCNCC2.Cl. The fourth-order valence-corrected chi connectivity index (χ4v) is 2.40. The maximum absolute atomic E-state index is 11.4. The molecule has 2 fully saturated rings. The molecule has 0 bridgehead atoms. The van der Waals surface area contributed by atoms with Crippen LogP contribution in [0.3, 0.4) is 0 Å². The summed E-state index contributed by atoms with van der Waals surface area (Å²) in [7, 11) is 0. The molecule has 1 atom stereocenters. The molecule has 1 spiro atoms. The van der Waals surface area contributed by atoms with Crippen molar-refractivity contribution in [2.75, 3.05) is 19.7 Å². The molecular weight excluding hydrogens is 202 g/mol. The average molecular weight is 220 g/mol. The predicted molar refractivity (Wildman–Crippen MR) is 56.5 cm³/mol. The molecule has 82 valence electrons. The molecule has 1 saturated carbocycles. The van der Waals surface area contributed by atoms with E-state index in [1.54, 1.807) is 0 Å². The number of hydrogen-bond acceptors (Lipinski definition) is 3. The van der Waals surface area contributed by atoms with Crippen molar-refractivity contribution in [2.24, 2.45) is 11.3 Å². The number of rotatable bonds is 2. The highest BCUT2D eigenvalue weighted by atomic mass is 35.5. The number of carbonyl (C=O) groups excluding carboxylic acids is 1. The molecule has 14 heavy (non-hydrogen) atoms. The third-order valence-electron chi connectivity index (χ3n) is 3.36. The molecule has 0 radical (unpaired) electrons. The van der Waals surface area contributed by atoms with Crippen molar-refractivity contribution in [1.82, 2.24) is 5.32 Å². The van der Waals surface area contributed by atoms with Gasteiger partial charge in [0.05, 0.1) is 12.5 Å². The van der Waals surface area contributed by atoms with Crippen LogP contribution in [0.15, 0.2) is 0 Å². The van der Waals surface area contributed by atoms with Gasteiger partial charge in [-0.15, -0.1) is 12.4 Å². The third-order valence-corrected chi connectivity index (χ3v) is 3.36. The quantitative estimate of drug-likeness (QED) is 0.713. The zero-order chi connectivity index (χ0) is 9.31. The van der Waals surface area contributed by atoms with Gasteiger partial charge in [0.25, 0.3) is 0 Å². The Morgan fingerprint density at radius 1 is 1.50 bits per heavy atom. The molecule has 1 heterocycles. The minimum atomic E-state index is 0. The van der Waals surface area contributed by atoms with Crippen molar-refractivity contribution in [1.29, 1.82) is 0 Å². The fourth-order valence-electron chi connectivity index (χ4n) is 2.40. The fraction of sp³-hybridized carbons (Fsp3) is 0.900. The van der Waals surface area contributed by atoms with Crippen molar-refractivity contribution >= 4 is 18.4 Å². The van der Waals surface area contributed by atoms with E-state index in [9.17, 15) is 4.79 Å². The number of esters is 1. The first-order valence-corrected chi connectivity index (χ1v) is 5.16. The number of ether oxygens (including phenoxy) is 1. The molecule has 2 aliphatic rings. The average Bonchev–Trinajstić information content (AvgIpc) is 2.81. The third kappa shape index (κ3) is 2.04. The summed E-state index contributed by atoms with van der Waals surface area (Å²) in [5.74, 6) is 0.249. The Labute approximate surface area is 91.0 Å². The molecule has 4 heteroatoms. The molecule has 0 aromatic carbocycles. The Morgan fingerprint density at radius 2 is 2.14 bits per heavy atom. The summed E-state index contributed by atoms with van der Waals surface area (Å²) in [5.41, 5.74) is 0.331. The topological polar surface area (TPSA) is 38.3 Å². The summed E-state index contributed by atoms with van der Waals surface area (Å²) in [4.78, 5) is 11.4. The van der Waals surface area contributed by atoms with Gasteiger partial charge in [-0.2, -0.15) is 0 Å². The van der Waals surface area contributed by atoms with E-state index < -0.39 is 0 Å². The lowest BCUT2D eigenvalue weighted by Crippen LogP contribution is -2.31. The van der Waals surface area contributed by atoms with Gasteiger partial charge in [0.1, 0.15) is 0 Å². The number of nitrogens with one attached hydrogen (secondary N) is 1. The summed E-state index contributed by atoms with van der Waals surface area (Å²) in [5, 5.41) is 3.32. The van der Waals surface area contributed by atoms with E-state index in [-0.39, 0.29) is 24.3 Å². The van der Waals surface area contributed by atoms with E-state index >= 15 is 0 Å². The Kier molecular flexibility index (Phi) is 3.78. The smallest absolute Gasteiger partial charge is 0.309 e. The summed E-state index contributed by atoms with van der Waals surface area (Å²) in [6.45, 7) is 4.52. The highest BCUT2D eigenvalue weighted by Gasteiger charge is 2.58. The van der Waals surface area contributed by atoms with E-state index in [0.29, 0.717) is 12.0 Å². The first kappa shape index (κ1) is 11.8. The monoisotopic (exact) mass is 219 g/mol. The molecule has 3 nitrogen and oxygen atoms in total. The van der Waals surface area contributed by atoms with Gasteiger partial charge in [-0.1, -0.05) is 0 Å². The van der Waals surface area contributed by atoms with Gasteiger partial charge >= 0.3 is 5.97 Å². The van der Waals surface area contributed by atoms with Crippen molar-refractivity contribution < 1.29 is 9.53 Å². The first-order chi connectivity index (χ1) is 6.28. The molecule has 2 rings (SSSR count). The van der Waals surface area contributed by atoms with Crippen LogP contribution in [0, 0.1) is 11.3 Å². The second-order valence-corrected chi connectivity index (χ2v) is 4.12. The summed E-state index contributed by atoms with van der Waals surface area (Å²) in [6, 6.07) is 0. The highest BCUT2D eigenvalue weighted by Crippen LogP contribution is 2.58. The number of carbonyl (C=O) groups is 1. The summed E-state index contributed by atoms with van der Waals surface area (Å²) < 4.78 is 5.03. The molecular formula is C10H18ClNO2. The number of hydrogen-bond donors (Lipinski definition) is 1. The van der Waals surface area contributed by atoms with E-state index in [1.807, 2.05) is 6.92 Å². The van der Waals surface area contributed by atoms with Crippen LogP contribution < -0.4 is 5.32 Å². The number of halogens is 1. The van der Waals surface area contributed by atoms with E-state index in [2.05, 4.69) is 5.32 Å². The van der Waals surface area contributed by atoms with Crippen LogP contribution in [0.5, 0.6) is 0 Å². The van der Waals surface area contributed by atoms with Crippen LogP contribution in [-0.4, -0.2) is 25.7 Å². The highest BCUT2D eigenvalue weighted by molar-refractivity contribution is 5.85. The van der Waals surface area contributed by atoms with Gasteiger partial charge in [-0.25, -0.2) is 0 Å². The van der Waals surface area contributed by atoms with E-state index in [4.69, 9.17) is 4.74 Å². The van der Waals surface area contributed by atoms with E-state index in [1.165, 1.54) is 0 Å². The van der Waals surface area contributed by atoms with Crippen LogP contribution in [0.2, 0.25) is 0 Å². The lowest BCUT2D eigenvalue weighted by molar-refractivity contribution is -0.145. The lowest BCUT2D eigenvalue weighted by Gasteiger charge is -2.22. The molecule has 1 N–H and O–H groups in total. The van der Waals surface area contributed by atoms with Gasteiger partial charge in [0.15, 0.2) is 0 Å². The van der Waals surface area contributed by atoms with Crippen molar-refractivity contribution in [3.05, 3.63) is 0 Å².